The summed E-state index contributed by atoms with van der Waals surface area (Å²) in [5, 5.41) is 12.1. The molecule has 0 aliphatic rings. The third-order valence-electron chi connectivity index (χ3n) is 4.28. The maximum atomic E-state index is 13.2. The van der Waals surface area contributed by atoms with E-state index in [2.05, 4.69) is 0 Å². The number of Topliss-reactive ketones (excluding diaryl/α,β-unsaturated/α-hetero) is 1. The Morgan fingerprint density at radius 3 is 1.77 bits per heavy atom. The molecule has 2 nitrogen and oxygen atoms in total. The smallest absolute Gasteiger partial charge is 0.196 e. The summed E-state index contributed by atoms with van der Waals surface area (Å²) in [4.78, 5) is 13.2. The van der Waals surface area contributed by atoms with E-state index in [1.807, 2.05) is 60.7 Å². The van der Waals surface area contributed by atoms with Crippen LogP contribution in [0.25, 0.3) is 0 Å². The molecule has 0 aliphatic heterocycles. The van der Waals surface area contributed by atoms with E-state index < -0.39 is 11.4 Å². The molecule has 0 spiro atoms. The topological polar surface area (TPSA) is 37.3 Å². The van der Waals surface area contributed by atoms with E-state index in [0.29, 0.717) is 5.02 Å². The average molecular weight is 385 g/mol. The predicted molar refractivity (Wildman–Crippen MR) is 106 cm³/mol. The standard InChI is InChI=1S/C22H18Cl2O2/c23-18-11-12-19(20(24)13-18)21(25)22(26,14-16-7-3-1-4-8-16)15-17-9-5-2-6-10-17/h1-13,26H,14-15H2. The zero-order chi connectivity index (χ0) is 18.6. The zero-order valence-electron chi connectivity index (χ0n) is 14.0. The number of hydrogen-bond acceptors (Lipinski definition) is 2. The van der Waals surface area contributed by atoms with Gasteiger partial charge in [0.15, 0.2) is 5.78 Å². The first-order chi connectivity index (χ1) is 12.5. The third-order valence-corrected chi connectivity index (χ3v) is 4.83. The SMILES string of the molecule is O=C(c1ccc(Cl)cc1Cl)C(O)(Cc1ccccc1)Cc1ccccc1. The minimum absolute atomic E-state index is 0.195. The van der Waals surface area contributed by atoms with Crippen LogP contribution in [-0.2, 0) is 12.8 Å². The molecule has 0 bridgehead atoms. The highest BCUT2D eigenvalue weighted by molar-refractivity contribution is 6.37. The number of aliphatic hydroxyl groups is 1. The Hall–Kier alpha value is -2.13. The first-order valence-corrected chi connectivity index (χ1v) is 9.04. The van der Waals surface area contributed by atoms with Crippen LogP contribution in [0.5, 0.6) is 0 Å². The lowest BCUT2D eigenvalue weighted by atomic mass is 9.82. The van der Waals surface area contributed by atoms with Crippen LogP contribution >= 0.6 is 23.2 Å². The molecule has 0 heterocycles. The van der Waals surface area contributed by atoms with Crippen LogP contribution in [0, 0.1) is 0 Å². The summed E-state index contributed by atoms with van der Waals surface area (Å²) in [6.45, 7) is 0. The fourth-order valence-electron chi connectivity index (χ4n) is 3.01. The number of rotatable bonds is 6. The maximum absolute atomic E-state index is 13.2. The fraction of sp³-hybridized carbons (Fsp3) is 0.136. The van der Waals surface area contributed by atoms with Crippen molar-refractivity contribution in [2.45, 2.75) is 18.4 Å². The molecule has 3 aromatic rings. The summed E-state index contributed by atoms with van der Waals surface area (Å²) < 4.78 is 0. The van der Waals surface area contributed by atoms with Gasteiger partial charge in [-0.05, 0) is 29.3 Å². The molecule has 0 unspecified atom stereocenters. The number of carbonyl (C=O) groups is 1. The van der Waals surface area contributed by atoms with Gasteiger partial charge in [0.05, 0.1) is 5.02 Å². The maximum Gasteiger partial charge on any atom is 0.196 e. The molecular formula is C22H18Cl2O2. The van der Waals surface area contributed by atoms with E-state index in [1.54, 1.807) is 12.1 Å². The Balaban J connectivity index is 2.00. The molecule has 0 fully saturated rings. The summed E-state index contributed by atoms with van der Waals surface area (Å²) in [5.41, 5.74) is 0.416. The molecule has 4 heteroatoms. The summed E-state index contributed by atoms with van der Waals surface area (Å²) in [5.74, 6) is -0.410. The molecule has 0 aromatic heterocycles. The molecule has 26 heavy (non-hydrogen) atoms. The molecule has 3 rings (SSSR count). The van der Waals surface area contributed by atoms with Crippen molar-refractivity contribution < 1.29 is 9.90 Å². The minimum Gasteiger partial charge on any atom is -0.381 e. The van der Waals surface area contributed by atoms with Gasteiger partial charge in [0.1, 0.15) is 5.60 Å². The lowest BCUT2D eigenvalue weighted by molar-refractivity contribution is 0.0319. The van der Waals surface area contributed by atoms with Gasteiger partial charge >= 0.3 is 0 Å². The second-order valence-corrected chi connectivity index (χ2v) is 7.15. The highest BCUT2D eigenvalue weighted by Crippen LogP contribution is 2.29. The van der Waals surface area contributed by atoms with Gasteiger partial charge < -0.3 is 5.11 Å². The van der Waals surface area contributed by atoms with Crippen molar-refractivity contribution in [3.63, 3.8) is 0 Å². The summed E-state index contributed by atoms with van der Waals surface area (Å²) in [6.07, 6.45) is 0.390. The van der Waals surface area contributed by atoms with Crippen molar-refractivity contribution in [1.82, 2.24) is 0 Å². The van der Waals surface area contributed by atoms with Crippen molar-refractivity contribution in [3.8, 4) is 0 Å². The number of hydrogen-bond donors (Lipinski definition) is 1. The van der Waals surface area contributed by atoms with Gasteiger partial charge in [-0.3, -0.25) is 4.79 Å². The predicted octanol–water partition coefficient (Wildman–Crippen LogP) is 5.39. The van der Waals surface area contributed by atoms with E-state index in [9.17, 15) is 9.90 Å². The van der Waals surface area contributed by atoms with Gasteiger partial charge in [-0.15, -0.1) is 0 Å². The molecule has 3 aromatic carbocycles. The summed E-state index contributed by atoms with van der Waals surface area (Å²) in [6, 6.07) is 23.6. The van der Waals surface area contributed by atoms with Crippen LogP contribution in [0.3, 0.4) is 0 Å². The summed E-state index contributed by atoms with van der Waals surface area (Å²) >= 11 is 12.2. The van der Waals surface area contributed by atoms with Gasteiger partial charge in [0.25, 0.3) is 0 Å². The number of halogens is 2. The molecule has 132 valence electrons. The molecule has 0 amide bonds. The van der Waals surface area contributed by atoms with Crippen LogP contribution < -0.4 is 0 Å². The van der Waals surface area contributed by atoms with Gasteiger partial charge in [-0.25, -0.2) is 0 Å². The third kappa shape index (κ3) is 4.34. The molecule has 1 N–H and O–H groups in total. The number of benzene rings is 3. The first-order valence-electron chi connectivity index (χ1n) is 8.28. The molecule has 0 atom stereocenters. The quantitative estimate of drug-likeness (QED) is 0.578. The van der Waals surface area contributed by atoms with E-state index >= 15 is 0 Å². The lowest BCUT2D eigenvalue weighted by Gasteiger charge is -2.28. The summed E-state index contributed by atoms with van der Waals surface area (Å²) in [7, 11) is 0. The number of ketones is 1. The highest BCUT2D eigenvalue weighted by Gasteiger charge is 2.37. The van der Waals surface area contributed by atoms with Gasteiger partial charge in [0, 0.05) is 23.4 Å². The van der Waals surface area contributed by atoms with Crippen LogP contribution in [0.2, 0.25) is 10.0 Å². The van der Waals surface area contributed by atoms with Crippen LogP contribution in [-0.4, -0.2) is 16.5 Å². The Morgan fingerprint density at radius 2 is 1.31 bits per heavy atom. The Morgan fingerprint density at radius 1 is 0.808 bits per heavy atom. The van der Waals surface area contributed by atoms with Crippen molar-refractivity contribution in [3.05, 3.63) is 106 Å². The molecule has 0 aliphatic carbocycles. The molecule has 0 saturated heterocycles. The van der Waals surface area contributed by atoms with Crippen LogP contribution in [0.1, 0.15) is 21.5 Å². The van der Waals surface area contributed by atoms with E-state index in [4.69, 9.17) is 23.2 Å². The monoisotopic (exact) mass is 384 g/mol. The van der Waals surface area contributed by atoms with Crippen molar-refractivity contribution in [1.29, 1.82) is 0 Å². The Labute approximate surface area is 163 Å². The molecular weight excluding hydrogens is 367 g/mol. The Kier molecular flexibility index (Phi) is 5.77. The minimum atomic E-state index is -1.61. The van der Waals surface area contributed by atoms with Gasteiger partial charge in [0.2, 0.25) is 0 Å². The van der Waals surface area contributed by atoms with E-state index in [0.717, 1.165) is 11.1 Å². The zero-order valence-corrected chi connectivity index (χ0v) is 15.5. The lowest BCUT2D eigenvalue weighted by Crippen LogP contribution is -2.43. The van der Waals surface area contributed by atoms with Crippen LogP contribution in [0.4, 0.5) is 0 Å². The van der Waals surface area contributed by atoms with Gasteiger partial charge in [-0.1, -0.05) is 83.9 Å². The second kappa shape index (κ2) is 8.05. The largest absolute Gasteiger partial charge is 0.381 e. The van der Waals surface area contributed by atoms with Crippen LogP contribution in [0.15, 0.2) is 78.9 Å². The first kappa shape index (κ1) is 18.7. The highest BCUT2D eigenvalue weighted by atomic mass is 35.5. The normalized spacial score (nSPS) is 11.3. The Bertz CT molecular complexity index is 851. The van der Waals surface area contributed by atoms with Crippen molar-refractivity contribution in [2.75, 3.05) is 0 Å². The molecule has 0 saturated carbocycles. The van der Waals surface area contributed by atoms with E-state index in [1.165, 1.54) is 6.07 Å². The van der Waals surface area contributed by atoms with E-state index in [-0.39, 0.29) is 23.4 Å². The van der Waals surface area contributed by atoms with Gasteiger partial charge in [-0.2, -0.15) is 0 Å². The second-order valence-electron chi connectivity index (χ2n) is 6.31. The molecule has 0 radical (unpaired) electrons. The number of carbonyl (C=O) groups excluding carboxylic acids is 1. The van der Waals surface area contributed by atoms with Crippen molar-refractivity contribution in [2.24, 2.45) is 0 Å². The fourth-order valence-corrected chi connectivity index (χ4v) is 3.51. The average Bonchev–Trinajstić information content (AvgIpc) is 2.63. The van der Waals surface area contributed by atoms with Crippen molar-refractivity contribution >= 4 is 29.0 Å².